The molecule has 0 saturated heterocycles. The molecule has 1 amide bonds. The van der Waals surface area contributed by atoms with Crippen molar-refractivity contribution >= 4 is 5.91 Å². The summed E-state index contributed by atoms with van der Waals surface area (Å²) in [6.07, 6.45) is 3.59. The molecule has 1 rings (SSSR count). The van der Waals surface area contributed by atoms with Crippen LogP contribution in [0.1, 0.15) is 42.6 Å². The minimum atomic E-state index is -0.226. The van der Waals surface area contributed by atoms with Crippen LogP contribution in [0.5, 0.6) is 0 Å². The minimum absolute atomic E-state index is 0.219. The number of H-pyrrole nitrogens is 1. The molecule has 0 saturated carbocycles. The monoisotopic (exact) mass is 225 g/mol. The van der Waals surface area contributed by atoms with Crippen molar-refractivity contribution in [2.24, 2.45) is 5.73 Å². The average Bonchev–Trinajstić information content (AvgIpc) is 2.73. The summed E-state index contributed by atoms with van der Waals surface area (Å²) >= 11 is 0. The van der Waals surface area contributed by atoms with Crippen LogP contribution in [-0.4, -0.2) is 34.2 Å². The Labute approximate surface area is 95.0 Å². The van der Waals surface area contributed by atoms with E-state index in [9.17, 15) is 4.79 Å². The van der Waals surface area contributed by atoms with Crippen molar-refractivity contribution in [1.29, 1.82) is 0 Å². The van der Waals surface area contributed by atoms with Crippen molar-refractivity contribution < 1.29 is 4.79 Å². The average molecular weight is 225 g/mol. The van der Waals surface area contributed by atoms with Crippen molar-refractivity contribution in [1.82, 2.24) is 20.5 Å². The zero-order valence-electron chi connectivity index (χ0n) is 9.62. The molecule has 0 aliphatic rings. The number of rotatable bonds is 7. The molecule has 4 N–H and O–H groups in total. The van der Waals surface area contributed by atoms with Gasteiger partial charge in [-0.05, 0) is 25.8 Å². The third kappa shape index (κ3) is 3.98. The van der Waals surface area contributed by atoms with Crippen LogP contribution >= 0.6 is 0 Å². The molecule has 6 heteroatoms. The summed E-state index contributed by atoms with van der Waals surface area (Å²) < 4.78 is 0. The second-order valence-corrected chi connectivity index (χ2v) is 3.61. The topological polar surface area (TPSA) is 96.7 Å². The van der Waals surface area contributed by atoms with Crippen molar-refractivity contribution in [3.63, 3.8) is 0 Å². The number of carbonyl (C=O) groups excluding carboxylic acids is 1. The van der Waals surface area contributed by atoms with E-state index in [2.05, 4.69) is 27.4 Å². The number of nitrogens with one attached hydrogen (secondary N) is 2. The van der Waals surface area contributed by atoms with E-state index < -0.39 is 0 Å². The Morgan fingerprint density at radius 1 is 1.50 bits per heavy atom. The molecule has 1 aromatic rings. The molecular weight excluding hydrogens is 206 g/mol. The SMILES string of the molecule is CCCc1nc(C(=O)NCCCCN)n[nH]1. The normalized spacial score (nSPS) is 10.4. The lowest BCUT2D eigenvalue weighted by molar-refractivity contribution is 0.0943. The number of unbranched alkanes of at least 4 members (excludes halogenated alkanes) is 1. The highest BCUT2D eigenvalue weighted by Gasteiger charge is 2.10. The van der Waals surface area contributed by atoms with E-state index in [4.69, 9.17) is 5.73 Å². The number of nitrogens with zero attached hydrogens (tertiary/aromatic N) is 2. The van der Waals surface area contributed by atoms with E-state index in [0.29, 0.717) is 13.1 Å². The first-order chi connectivity index (χ1) is 7.77. The van der Waals surface area contributed by atoms with E-state index in [0.717, 1.165) is 31.5 Å². The molecular formula is C10H19N5O. The van der Waals surface area contributed by atoms with Crippen LogP contribution in [0.4, 0.5) is 0 Å². The summed E-state index contributed by atoms with van der Waals surface area (Å²) in [6, 6.07) is 0. The summed E-state index contributed by atoms with van der Waals surface area (Å²) in [7, 11) is 0. The molecule has 6 nitrogen and oxygen atoms in total. The summed E-state index contributed by atoms with van der Waals surface area (Å²) in [5, 5.41) is 9.36. The fraction of sp³-hybridized carbons (Fsp3) is 0.700. The van der Waals surface area contributed by atoms with Crippen molar-refractivity contribution in [3.05, 3.63) is 11.6 Å². The van der Waals surface area contributed by atoms with Crippen LogP contribution in [-0.2, 0) is 6.42 Å². The summed E-state index contributed by atoms with van der Waals surface area (Å²) in [4.78, 5) is 15.6. The number of nitrogens with two attached hydrogens (primary N) is 1. The fourth-order valence-corrected chi connectivity index (χ4v) is 1.30. The predicted octanol–water partition coefficient (Wildman–Crippen LogP) is 0.226. The van der Waals surface area contributed by atoms with Gasteiger partial charge in [-0.2, -0.15) is 0 Å². The van der Waals surface area contributed by atoms with Gasteiger partial charge in [-0.25, -0.2) is 4.98 Å². The molecule has 0 aliphatic heterocycles. The number of aromatic nitrogens is 3. The zero-order chi connectivity index (χ0) is 11.8. The van der Waals surface area contributed by atoms with Crippen LogP contribution < -0.4 is 11.1 Å². The van der Waals surface area contributed by atoms with Crippen LogP contribution in [0.3, 0.4) is 0 Å². The fourth-order valence-electron chi connectivity index (χ4n) is 1.30. The number of aryl methyl sites for hydroxylation is 1. The number of hydrogen-bond acceptors (Lipinski definition) is 4. The Bertz CT molecular complexity index is 323. The lowest BCUT2D eigenvalue weighted by Gasteiger charge is -2.00. The molecule has 0 aromatic carbocycles. The van der Waals surface area contributed by atoms with E-state index in [1.165, 1.54) is 0 Å². The molecule has 0 radical (unpaired) electrons. The summed E-state index contributed by atoms with van der Waals surface area (Å²) in [5.41, 5.74) is 5.35. The molecule has 0 bridgehead atoms. The Balaban J connectivity index is 2.34. The molecule has 1 aromatic heterocycles. The van der Waals surface area contributed by atoms with Crippen LogP contribution in [0.25, 0.3) is 0 Å². The lowest BCUT2D eigenvalue weighted by Crippen LogP contribution is -2.26. The Kier molecular flexibility index (Phi) is 5.49. The molecule has 16 heavy (non-hydrogen) atoms. The minimum Gasteiger partial charge on any atom is -0.349 e. The van der Waals surface area contributed by atoms with E-state index in [-0.39, 0.29) is 11.7 Å². The van der Waals surface area contributed by atoms with E-state index >= 15 is 0 Å². The second kappa shape index (κ2) is 6.95. The van der Waals surface area contributed by atoms with Gasteiger partial charge >= 0.3 is 0 Å². The standard InChI is InChI=1S/C10H19N5O/c1-2-5-8-13-9(15-14-8)10(16)12-7-4-3-6-11/h2-7,11H2,1H3,(H,12,16)(H,13,14,15). The second-order valence-electron chi connectivity index (χ2n) is 3.61. The van der Waals surface area contributed by atoms with Gasteiger partial charge in [0, 0.05) is 13.0 Å². The van der Waals surface area contributed by atoms with Gasteiger partial charge in [0.15, 0.2) is 0 Å². The smallest absolute Gasteiger partial charge is 0.290 e. The number of hydrogen-bond donors (Lipinski definition) is 3. The number of aromatic amines is 1. The molecule has 1 heterocycles. The van der Waals surface area contributed by atoms with E-state index in [1.54, 1.807) is 0 Å². The molecule has 90 valence electrons. The summed E-state index contributed by atoms with van der Waals surface area (Å²) in [5.74, 6) is 0.751. The Hall–Kier alpha value is -1.43. The molecule has 0 fully saturated rings. The van der Waals surface area contributed by atoms with Crippen molar-refractivity contribution in [3.8, 4) is 0 Å². The maximum absolute atomic E-state index is 11.5. The molecule has 0 spiro atoms. The highest BCUT2D eigenvalue weighted by atomic mass is 16.2. The maximum Gasteiger partial charge on any atom is 0.290 e. The molecule has 0 atom stereocenters. The van der Waals surface area contributed by atoms with E-state index in [1.807, 2.05) is 0 Å². The first-order valence-corrected chi connectivity index (χ1v) is 5.67. The Morgan fingerprint density at radius 2 is 2.31 bits per heavy atom. The highest BCUT2D eigenvalue weighted by molar-refractivity contribution is 5.90. The first kappa shape index (κ1) is 12.6. The van der Waals surface area contributed by atoms with Gasteiger partial charge in [0.2, 0.25) is 5.82 Å². The number of amides is 1. The quantitative estimate of drug-likeness (QED) is 0.578. The largest absolute Gasteiger partial charge is 0.349 e. The van der Waals surface area contributed by atoms with Crippen LogP contribution in [0, 0.1) is 0 Å². The van der Waals surface area contributed by atoms with Crippen molar-refractivity contribution in [2.45, 2.75) is 32.6 Å². The van der Waals surface area contributed by atoms with Gasteiger partial charge in [-0.1, -0.05) is 6.92 Å². The van der Waals surface area contributed by atoms with Gasteiger partial charge < -0.3 is 11.1 Å². The van der Waals surface area contributed by atoms with Gasteiger partial charge in [-0.3, -0.25) is 9.89 Å². The Morgan fingerprint density at radius 3 is 3.00 bits per heavy atom. The zero-order valence-corrected chi connectivity index (χ0v) is 9.62. The summed E-state index contributed by atoms with van der Waals surface area (Å²) in [6.45, 7) is 3.32. The van der Waals surface area contributed by atoms with Crippen LogP contribution in [0.15, 0.2) is 0 Å². The van der Waals surface area contributed by atoms with Gasteiger partial charge in [0.1, 0.15) is 5.82 Å². The van der Waals surface area contributed by atoms with Gasteiger partial charge in [0.05, 0.1) is 0 Å². The lowest BCUT2D eigenvalue weighted by atomic mass is 10.3. The third-order valence-electron chi connectivity index (χ3n) is 2.14. The van der Waals surface area contributed by atoms with Crippen LogP contribution in [0.2, 0.25) is 0 Å². The molecule has 0 unspecified atom stereocenters. The number of carbonyl (C=O) groups is 1. The molecule has 0 aliphatic carbocycles. The van der Waals surface area contributed by atoms with Gasteiger partial charge in [0.25, 0.3) is 5.91 Å². The van der Waals surface area contributed by atoms with Crippen molar-refractivity contribution in [2.75, 3.05) is 13.1 Å². The highest BCUT2D eigenvalue weighted by Crippen LogP contribution is 1.96. The predicted molar refractivity (Wildman–Crippen MR) is 61.0 cm³/mol. The van der Waals surface area contributed by atoms with Gasteiger partial charge in [-0.15, -0.1) is 5.10 Å². The first-order valence-electron chi connectivity index (χ1n) is 5.67. The third-order valence-corrected chi connectivity index (χ3v) is 2.14. The maximum atomic E-state index is 11.5.